The minimum Gasteiger partial charge on any atom is -0.477 e. The Hall–Kier alpha value is -2.39. The van der Waals surface area contributed by atoms with Gasteiger partial charge in [0.1, 0.15) is 5.69 Å². The van der Waals surface area contributed by atoms with E-state index in [0.717, 1.165) is 71.1 Å². The number of fused-ring (bicyclic) bond motifs is 1. The minimum absolute atomic E-state index is 0.120. The van der Waals surface area contributed by atoms with E-state index in [9.17, 15) is 9.90 Å². The van der Waals surface area contributed by atoms with Crippen LogP contribution in [-0.2, 0) is 30.9 Å². The van der Waals surface area contributed by atoms with Crippen molar-refractivity contribution in [1.82, 2.24) is 14.3 Å². The zero-order valence-corrected chi connectivity index (χ0v) is 27.9. The number of nitrogens with zero attached hydrogens (tertiary/aromatic N) is 3. The fraction of sp³-hybridized carbons (Fsp3) is 0.562. The molecule has 1 aromatic carbocycles. The largest absolute Gasteiger partial charge is 0.477 e. The summed E-state index contributed by atoms with van der Waals surface area (Å²) in [6, 6.07) is 3.86. The monoisotopic (exact) mass is 601 g/mol. The first-order chi connectivity index (χ1) is 19.3. The lowest BCUT2D eigenvalue weighted by Gasteiger charge is -2.36. The maximum atomic E-state index is 12.7. The van der Waals surface area contributed by atoms with Crippen LogP contribution in [0.25, 0.3) is 28.1 Å². The van der Waals surface area contributed by atoms with E-state index in [4.69, 9.17) is 26.2 Å². The Bertz CT molecular complexity index is 1400. The van der Waals surface area contributed by atoms with Crippen molar-refractivity contribution in [3.8, 4) is 11.1 Å². The smallest absolute Gasteiger partial charge is 0.352 e. The summed E-state index contributed by atoms with van der Waals surface area (Å²) in [7, 11) is 0.0445. The van der Waals surface area contributed by atoms with Gasteiger partial charge in [-0.05, 0) is 81.3 Å². The number of carbonyl (C=O) groups is 1. The van der Waals surface area contributed by atoms with Crippen LogP contribution >= 0.6 is 11.6 Å². The third-order valence-electron chi connectivity index (χ3n) is 8.47. The molecule has 0 amide bonds. The van der Waals surface area contributed by atoms with Crippen LogP contribution in [-0.4, -0.2) is 52.1 Å². The molecule has 0 aliphatic heterocycles. The highest BCUT2D eigenvalue weighted by atomic mass is 35.5. The predicted octanol–water partition coefficient (Wildman–Crippen LogP) is 8.11. The van der Waals surface area contributed by atoms with E-state index in [1.165, 1.54) is 0 Å². The van der Waals surface area contributed by atoms with Crippen LogP contribution in [0.2, 0.25) is 23.2 Å². The first-order valence-corrected chi connectivity index (χ1v) is 18.1. The summed E-state index contributed by atoms with van der Waals surface area (Å²) in [5.74, 6) is -0.934. The fourth-order valence-corrected chi connectivity index (χ4v) is 6.62. The molecular weight excluding hydrogens is 554 g/mol. The maximum absolute atomic E-state index is 12.7. The molecule has 0 aliphatic rings. The van der Waals surface area contributed by atoms with Gasteiger partial charge in [-0.2, -0.15) is 5.10 Å². The topological polar surface area (TPSA) is 89.5 Å². The van der Waals surface area contributed by atoms with E-state index >= 15 is 0 Å². The van der Waals surface area contributed by atoms with Crippen molar-refractivity contribution in [3.05, 3.63) is 45.9 Å². The van der Waals surface area contributed by atoms with E-state index in [1.54, 1.807) is 0 Å². The summed E-state index contributed by atoms with van der Waals surface area (Å²) in [4.78, 5) is 12.7. The molecule has 2 N–H and O–H groups in total. The molecule has 9 heteroatoms. The predicted molar refractivity (Wildman–Crippen MR) is 173 cm³/mol. The van der Waals surface area contributed by atoms with E-state index in [2.05, 4.69) is 46.9 Å². The van der Waals surface area contributed by atoms with Crippen LogP contribution in [0.5, 0.6) is 0 Å². The number of aliphatic hydroxyl groups excluding tert-OH is 1. The number of hydrogen-bond donors (Lipinski definition) is 2. The average Bonchev–Trinajstić information content (AvgIpc) is 3.39. The number of aromatic carboxylic acids is 1. The molecule has 0 radical (unpaired) electrons. The van der Waals surface area contributed by atoms with Crippen molar-refractivity contribution < 1.29 is 19.4 Å². The third-order valence-corrected chi connectivity index (χ3v) is 13.3. The Labute approximate surface area is 251 Å². The van der Waals surface area contributed by atoms with Crippen LogP contribution in [0.3, 0.4) is 0 Å². The van der Waals surface area contributed by atoms with Crippen molar-refractivity contribution in [2.24, 2.45) is 7.05 Å². The van der Waals surface area contributed by atoms with Crippen molar-refractivity contribution >= 4 is 42.9 Å². The molecule has 0 bridgehead atoms. The number of aliphatic hydroxyl groups is 1. The number of benzene rings is 1. The molecule has 7 nitrogen and oxygen atoms in total. The van der Waals surface area contributed by atoms with Gasteiger partial charge in [0, 0.05) is 49.0 Å². The van der Waals surface area contributed by atoms with Gasteiger partial charge in [-0.1, -0.05) is 51.4 Å². The lowest BCUT2D eigenvalue weighted by molar-refractivity contribution is 0.0684. The van der Waals surface area contributed by atoms with E-state index in [-0.39, 0.29) is 11.6 Å². The SMILES string of the molecule is CCc1c(-c2c(Cl)ccc3c(CCCO[Si](C)(C)C(C)(C)C)c(C(=O)O)n(CC)c23)c(/C=C/CCCCO)nn1C. The van der Waals surface area contributed by atoms with Crippen molar-refractivity contribution in [2.45, 2.75) is 97.8 Å². The van der Waals surface area contributed by atoms with E-state index in [0.29, 0.717) is 30.3 Å². The van der Waals surface area contributed by atoms with Gasteiger partial charge >= 0.3 is 5.97 Å². The number of halogens is 1. The average molecular weight is 602 g/mol. The summed E-state index contributed by atoms with van der Waals surface area (Å²) < 4.78 is 10.2. The maximum Gasteiger partial charge on any atom is 0.352 e. The number of aromatic nitrogens is 3. The van der Waals surface area contributed by atoms with Crippen LogP contribution in [0.15, 0.2) is 18.2 Å². The zero-order chi connectivity index (χ0) is 30.5. The molecule has 0 unspecified atom stereocenters. The van der Waals surface area contributed by atoms with Crippen LogP contribution in [0, 0.1) is 0 Å². The lowest BCUT2D eigenvalue weighted by Crippen LogP contribution is -2.41. The summed E-state index contributed by atoms with van der Waals surface area (Å²) in [6.07, 6.45) is 8.70. The molecule has 0 saturated heterocycles. The first kappa shape index (κ1) is 33.1. The molecule has 41 heavy (non-hydrogen) atoms. The zero-order valence-electron chi connectivity index (χ0n) is 26.1. The Morgan fingerprint density at radius 2 is 1.85 bits per heavy atom. The molecule has 226 valence electrons. The second kappa shape index (κ2) is 13.7. The van der Waals surface area contributed by atoms with Gasteiger partial charge < -0.3 is 19.2 Å². The van der Waals surface area contributed by atoms with Gasteiger partial charge in [0.15, 0.2) is 8.32 Å². The molecule has 0 atom stereocenters. The van der Waals surface area contributed by atoms with E-state index in [1.807, 2.05) is 41.4 Å². The summed E-state index contributed by atoms with van der Waals surface area (Å²) in [5, 5.41) is 26.0. The second-order valence-corrected chi connectivity index (χ2v) is 17.4. The summed E-state index contributed by atoms with van der Waals surface area (Å²) in [6.45, 7) is 16.5. The Morgan fingerprint density at radius 3 is 2.44 bits per heavy atom. The van der Waals surface area contributed by atoms with Gasteiger partial charge in [-0.25, -0.2) is 4.79 Å². The molecule has 0 aliphatic carbocycles. The van der Waals surface area contributed by atoms with Crippen LogP contribution < -0.4 is 0 Å². The van der Waals surface area contributed by atoms with Gasteiger partial charge in [0.05, 0.1) is 16.2 Å². The number of allylic oxidation sites excluding steroid dienone is 1. The highest BCUT2D eigenvalue weighted by Crippen LogP contribution is 2.43. The number of rotatable bonds is 14. The number of carboxylic acid groups (broad SMARTS) is 1. The number of hydrogen-bond acceptors (Lipinski definition) is 4. The quantitative estimate of drug-likeness (QED) is 0.144. The highest BCUT2D eigenvalue weighted by Gasteiger charge is 2.37. The standard InChI is InChI=1S/C32H48ClN3O4Si/c1-9-26-28(25(34-35(26)6)17-13-11-12-14-20-37)27-24(33)19-18-23-22(30(31(38)39)36(10-2)29(23)27)16-15-21-40-41(7,8)32(3,4)5/h13,17-19,37H,9-12,14-16,20-21H2,1-8H3,(H,38,39)/b17-13+. The van der Waals surface area contributed by atoms with Crippen LogP contribution in [0.4, 0.5) is 0 Å². The third kappa shape index (κ3) is 6.99. The molecule has 3 rings (SSSR count). The van der Waals surface area contributed by atoms with Gasteiger partial charge in [0.25, 0.3) is 0 Å². The number of unbranched alkanes of at least 4 members (excludes halogenated alkanes) is 2. The number of carboxylic acids is 1. The highest BCUT2D eigenvalue weighted by molar-refractivity contribution is 6.74. The molecule has 3 aromatic rings. The minimum atomic E-state index is -1.89. The van der Waals surface area contributed by atoms with Crippen molar-refractivity contribution in [1.29, 1.82) is 0 Å². The van der Waals surface area contributed by atoms with Gasteiger partial charge in [-0.15, -0.1) is 0 Å². The van der Waals surface area contributed by atoms with Crippen molar-refractivity contribution in [3.63, 3.8) is 0 Å². The van der Waals surface area contributed by atoms with Crippen LogP contribution in [0.1, 0.15) is 87.7 Å². The molecule has 0 saturated carbocycles. The molecule has 0 fully saturated rings. The second-order valence-electron chi connectivity index (χ2n) is 12.2. The molecule has 2 aromatic heterocycles. The Morgan fingerprint density at radius 1 is 1.15 bits per heavy atom. The lowest BCUT2D eigenvalue weighted by atomic mass is 9.96. The van der Waals surface area contributed by atoms with Gasteiger partial charge in [0.2, 0.25) is 0 Å². The molecule has 2 heterocycles. The molecular formula is C32H48ClN3O4Si. The number of aryl methyl sites for hydroxylation is 3. The normalized spacial score (nSPS) is 12.7. The first-order valence-electron chi connectivity index (χ1n) is 14.8. The Kier molecular flexibility index (Phi) is 11.1. The van der Waals surface area contributed by atoms with E-state index < -0.39 is 14.3 Å². The van der Waals surface area contributed by atoms with Crippen molar-refractivity contribution in [2.75, 3.05) is 13.2 Å². The Balaban J connectivity index is 2.17. The fourth-order valence-electron chi connectivity index (χ4n) is 5.28. The molecule has 0 spiro atoms. The summed E-state index contributed by atoms with van der Waals surface area (Å²) >= 11 is 6.98. The van der Waals surface area contributed by atoms with Gasteiger partial charge in [-0.3, -0.25) is 4.68 Å². The summed E-state index contributed by atoms with van der Waals surface area (Å²) in [5.41, 5.74) is 5.62.